The van der Waals surface area contributed by atoms with Crippen LogP contribution in [0.2, 0.25) is 0 Å². The maximum atomic E-state index is 10.1. The van der Waals surface area contributed by atoms with Crippen LogP contribution in [-0.2, 0) is 0 Å². The van der Waals surface area contributed by atoms with Crippen LogP contribution in [0.3, 0.4) is 0 Å². The Hall–Kier alpha value is -2.11. The molecule has 2 aromatic rings. The second-order valence-corrected chi connectivity index (χ2v) is 7.05. The largest absolute Gasteiger partial charge is 0.475 e. The predicted molar refractivity (Wildman–Crippen MR) is 94.0 cm³/mol. The average Bonchev–Trinajstić information content (AvgIpc) is 2.62. The van der Waals surface area contributed by atoms with Crippen LogP contribution in [0.4, 0.5) is 0 Å². The molecule has 0 bridgehead atoms. The summed E-state index contributed by atoms with van der Waals surface area (Å²) in [5.74, 6) is 0.742. The number of thioether (sulfide) groups is 1. The van der Waals surface area contributed by atoms with E-state index in [1.165, 1.54) is 18.0 Å². The SMILES string of the molecule is Cc1cc(C#N)ccc1-c1cncc(O[C@@H]2SC[C@@H](O)[C@H](O)[C@H]2O)c1. The van der Waals surface area contributed by atoms with Crippen molar-refractivity contribution < 1.29 is 20.1 Å². The first-order valence-electron chi connectivity index (χ1n) is 7.78. The molecule has 0 unspecified atom stereocenters. The maximum absolute atomic E-state index is 10.1. The third-order valence-electron chi connectivity index (χ3n) is 4.09. The summed E-state index contributed by atoms with van der Waals surface area (Å²) in [4.78, 5) is 4.18. The summed E-state index contributed by atoms with van der Waals surface area (Å²) in [7, 11) is 0. The minimum atomic E-state index is -1.23. The van der Waals surface area contributed by atoms with Crippen molar-refractivity contribution in [2.24, 2.45) is 0 Å². The highest BCUT2D eigenvalue weighted by atomic mass is 32.2. The van der Waals surface area contributed by atoms with Gasteiger partial charge in [0.2, 0.25) is 0 Å². The highest BCUT2D eigenvalue weighted by molar-refractivity contribution is 7.99. The average molecular weight is 358 g/mol. The lowest BCUT2D eigenvalue weighted by atomic mass is 10.00. The molecule has 1 fully saturated rings. The molecule has 1 aromatic heterocycles. The minimum absolute atomic E-state index is 0.282. The van der Waals surface area contributed by atoms with Crippen LogP contribution in [0.1, 0.15) is 11.1 Å². The molecule has 3 rings (SSSR count). The first-order valence-corrected chi connectivity index (χ1v) is 8.83. The predicted octanol–water partition coefficient (Wildman–Crippen LogP) is 1.46. The van der Waals surface area contributed by atoms with Gasteiger partial charge in [-0.05, 0) is 36.2 Å². The fraction of sp³-hybridized carbons (Fsp3) is 0.333. The van der Waals surface area contributed by atoms with E-state index in [4.69, 9.17) is 10.00 Å². The Labute approximate surface area is 149 Å². The second kappa shape index (κ2) is 7.42. The molecule has 0 aliphatic carbocycles. The monoisotopic (exact) mass is 358 g/mol. The summed E-state index contributed by atoms with van der Waals surface area (Å²) < 4.78 is 5.76. The van der Waals surface area contributed by atoms with E-state index in [1.54, 1.807) is 24.4 Å². The van der Waals surface area contributed by atoms with Crippen molar-refractivity contribution in [1.29, 1.82) is 5.26 Å². The highest BCUT2D eigenvalue weighted by Crippen LogP contribution is 2.31. The van der Waals surface area contributed by atoms with Gasteiger partial charge >= 0.3 is 0 Å². The summed E-state index contributed by atoms with van der Waals surface area (Å²) in [5, 5.41) is 38.4. The van der Waals surface area contributed by atoms with Gasteiger partial charge in [-0.2, -0.15) is 5.26 Å². The number of aromatic nitrogens is 1. The number of hydrogen-bond acceptors (Lipinski definition) is 7. The Kier molecular flexibility index (Phi) is 5.25. The van der Waals surface area contributed by atoms with E-state index in [2.05, 4.69) is 11.1 Å². The molecule has 4 atom stereocenters. The van der Waals surface area contributed by atoms with E-state index < -0.39 is 23.7 Å². The molecule has 25 heavy (non-hydrogen) atoms. The lowest BCUT2D eigenvalue weighted by Gasteiger charge is -2.34. The van der Waals surface area contributed by atoms with Gasteiger partial charge in [0.1, 0.15) is 18.0 Å². The van der Waals surface area contributed by atoms with Crippen LogP contribution in [0.25, 0.3) is 11.1 Å². The molecule has 1 aromatic carbocycles. The van der Waals surface area contributed by atoms with Gasteiger partial charge in [0.15, 0.2) is 5.44 Å². The van der Waals surface area contributed by atoms with E-state index >= 15 is 0 Å². The number of pyridine rings is 1. The Morgan fingerprint density at radius 1 is 1.20 bits per heavy atom. The number of aryl methyl sites for hydroxylation is 1. The van der Waals surface area contributed by atoms with E-state index in [0.717, 1.165) is 16.7 Å². The van der Waals surface area contributed by atoms with Crippen molar-refractivity contribution in [3.63, 3.8) is 0 Å². The molecule has 3 N–H and O–H groups in total. The summed E-state index contributed by atoms with van der Waals surface area (Å²) in [6.07, 6.45) is -0.153. The first-order chi connectivity index (χ1) is 12.0. The van der Waals surface area contributed by atoms with E-state index in [0.29, 0.717) is 11.3 Å². The minimum Gasteiger partial charge on any atom is -0.475 e. The quantitative estimate of drug-likeness (QED) is 0.762. The molecule has 1 aliphatic rings. The van der Waals surface area contributed by atoms with Gasteiger partial charge in [-0.1, -0.05) is 6.07 Å². The molecule has 0 radical (unpaired) electrons. The maximum Gasteiger partial charge on any atom is 0.173 e. The smallest absolute Gasteiger partial charge is 0.173 e. The van der Waals surface area contributed by atoms with Gasteiger partial charge in [-0.15, -0.1) is 11.8 Å². The number of nitrogens with zero attached hydrogens (tertiary/aromatic N) is 2. The lowest BCUT2D eigenvalue weighted by molar-refractivity contribution is -0.0786. The van der Waals surface area contributed by atoms with Crippen LogP contribution in [0.5, 0.6) is 5.75 Å². The number of ether oxygens (including phenoxy) is 1. The van der Waals surface area contributed by atoms with E-state index in [-0.39, 0.29) is 5.75 Å². The van der Waals surface area contributed by atoms with Gasteiger partial charge < -0.3 is 20.1 Å². The Bertz CT molecular complexity index is 808. The molecule has 0 amide bonds. The molecule has 0 saturated carbocycles. The zero-order valence-corrected chi connectivity index (χ0v) is 14.3. The Morgan fingerprint density at radius 2 is 2.00 bits per heavy atom. The number of rotatable bonds is 3. The van der Waals surface area contributed by atoms with Crippen molar-refractivity contribution in [3.8, 4) is 22.9 Å². The lowest BCUT2D eigenvalue weighted by Crippen LogP contribution is -2.50. The van der Waals surface area contributed by atoms with Crippen LogP contribution in [0.15, 0.2) is 36.7 Å². The summed E-state index contributed by atoms with van der Waals surface area (Å²) in [6, 6.07) is 9.32. The van der Waals surface area contributed by atoms with Crippen molar-refractivity contribution in [2.75, 3.05) is 5.75 Å². The van der Waals surface area contributed by atoms with Crippen molar-refractivity contribution in [2.45, 2.75) is 30.7 Å². The molecule has 0 spiro atoms. The first kappa shape index (κ1) is 17.7. The third-order valence-corrected chi connectivity index (χ3v) is 5.32. The molecular formula is C18H18N2O4S. The van der Waals surface area contributed by atoms with Crippen molar-refractivity contribution in [3.05, 3.63) is 47.8 Å². The Balaban J connectivity index is 1.82. The topological polar surface area (TPSA) is 107 Å². The molecule has 1 saturated heterocycles. The fourth-order valence-electron chi connectivity index (χ4n) is 2.70. The van der Waals surface area contributed by atoms with Gasteiger partial charge in [-0.3, -0.25) is 4.98 Å². The standard InChI is InChI=1S/C18H18N2O4S/c1-10-4-11(6-19)2-3-14(10)12-5-13(8-20-7-12)24-18-17(23)16(22)15(21)9-25-18/h2-5,7-8,15-18,21-23H,9H2,1H3/t15-,16+,17-,18-/m1/s1. The molecule has 7 heteroatoms. The summed E-state index contributed by atoms with van der Waals surface area (Å²) in [5.41, 5.74) is 2.62. The highest BCUT2D eigenvalue weighted by Gasteiger charge is 2.38. The van der Waals surface area contributed by atoms with Crippen LogP contribution >= 0.6 is 11.8 Å². The van der Waals surface area contributed by atoms with E-state index in [9.17, 15) is 15.3 Å². The van der Waals surface area contributed by atoms with Gasteiger partial charge in [0.05, 0.1) is 23.9 Å². The van der Waals surface area contributed by atoms with Crippen molar-refractivity contribution >= 4 is 11.8 Å². The molecular weight excluding hydrogens is 340 g/mol. The van der Waals surface area contributed by atoms with Gasteiger partial charge in [0, 0.05) is 17.5 Å². The van der Waals surface area contributed by atoms with Crippen molar-refractivity contribution in [1.82, 2.24) is 4.98 Å². The molecule has 1 aliphatic heterocycles. The number of benzene rings is 1. The zero-order chi connectivity index (χ0) is 18.0. The summed E-state index contributed by atoms with van der Waals surface area (Å²) >= 11 is 1.24. The number of aliphatic hydroxyl groups is 3. The number of aliphatic hydroxyl groups excluding tert-OH is 3. The molecule has 130 valence electrons. The summed E-state index contributed by atoms with van der Waals surface area (Å²) in [6.45, 7) is 1.92. The van der Waals surface area contributed by atoms with Crippen LogP contribution in [-0.4, -0.2) is 49.8 Å². The van der Waals surface area contributed by atoms with Crippen LogP contribution < -0.4 is 4.74 Å². The molecule has 6 nitrogen and oxygen atoms in total. The normalized spacial score (nSPS) is 26.0. The Morgan fingerprint density at radius 3 is 2.72 bits per heavy atom. The molecule has 2 heterocycles. The van der Waals surface area contributed by atoms with Gasteiger partial charge in [-0.25, -0.2) is 0 Å². The van der Waals surface area contributed by atoms with Gasteiger partial charge in [0.25, 0.3) is 0 Å². The number of nitriles is 1. The second-order valence-electron chi connectivity index (χ2n) is 5.92. The third kappa shape index (κ3) is 3.78. The van der Waals surface area contributed by atoms with E-state index in [1.807, 2.05) is 13.0 Å². The number of hydrogen-bond donors (Lipinski definition) is 3. The fourth-order valence-corrected chi connectivity index (χ4v) is 3.83. The van der Waals surface area contributed by atoms with Crippen LogP contribution in [0, 0.1) is 18.3 Å². The zero-order valence-electron chi connectivity index (χ0n) is 13.5.